The van der Waals surface area contributed by atoms with Gasteiger partial charge in [-0.15, -0.1) is 0 Å². The van der Waals surface area contributed by atoms with Crippen LogP contribution in [0.3, 0.4) is 0 Å². The van der Waals surface area contributed by atoms with Crippen molar-refractivity contribution in [2.75, 3.05) is 13.6 Å². The zero-order chi connectivity index (χ0) is 20.9. The lowest BCUT2D eigenvalue weighted by Gasteiger charge is -2.38. The average Bonchev–Trinajstić information content (AvgIpc) is 3.28. The Morgan fingerprint density at radius 3 is 2.20 bits per heavy atom. The number of likely N-dealkylation sites (N-methyl/N-ethyl adjacent to an activating group) is 1. The monoisotopic (exact) mass is 404 g/mol. The summed E-state index contributed by atoms with van der Waals surface area (Å²) in [6, 6.07) is 14.1. The van der Waals surface area contributed by atoms with Crippen molar-refractivity contribution in [2.45, 2.75) is 30.8 Å². The Bertz CT molecular complexity index is 926. The van der Waals surface area contributed by atoms with Crippen LogP contribution in [-0.2, 0) is 4.79 Å². The Labute approximate surface area is 176 Å². The first-order chi connectivity index (χ1) is 14.7. The van der Waals surface area contributed by atoms with Gasteiger partial charge in [0.15, 0.2) is 0 Å². The second-order valence-corrected chi connectivity index (χ2v) is 7.56. The molecule has 1 N–H and O–H groups in total. The first-order valence-corrected chi connectivity index (χ1v) is 10.2. The first-order valence-electron chi connectivity index (χ1n) is 10.2. The lowest BCUT2D eigenvalue weighted by Crippen LogP contribution is -2.45. The summed E-state index contributed by atoms with van der Waals surface area (Å²) in [6.07, 6.45) is 8.95. The van der Waals surface area contributed by atoms with Crippen LogP contribution >= 0.6 is 0 Å². The van der Waals surface area contributed by atoms with Gasteiger partial charge in [-0.25, -0.2) is 4.39 Å². The summed E-state index contributed by atoms with van der Waals surface area (Å²) in [7, 11) is 1.67. The molecule has 4 rings (SSSR count). The van der Waals surface area contributed by atoms with E-state index in [1.807, 2.05) is 48.8 Å². The van der Waals surface area contributed by atoms with E-state index in [-0.39, 0.29) is 29.7 Å². The molecule has 0 bridgehead atoms. The van der Waals surface area contributed by atoms with Gasteiger partial charge in [0.1, 0.15) is 5.82 Å². The smallest absolute Gasteiger partial charge is 0.237 e. The lowest BCUT2D eigenvalue weighted by atomic mass is 9.81. The van der Waals surface area contributed by atoms with Gasteiger partial charge >= 0.3 is 0 Å². The van der Waals surface area contributed by atoms with Crippen LogP contribution in [0.5, 0.6) is 0 Å². The van der Waals surface area contributed by atoms with Crippen LogP contribution in [-0.4, -0.2) is 40.4 Å². The zero-order valence-corrected chi connectivity index (χ0v) is 16.9. The van der Waals surface area contributed by atoms with Crippen molar-refractivity contribution in [2.24, 2.45) is 0 Å². The summed E-state index contributed by atoms with van der Waals surface area (Å²) in [4.78, 5) is 23.6. The molecule has 1 saturated heterocycles. The van der Waals surface area contributed by atoms with E-state index in [2.05, 4.69) is 20.2 Å². The third-order valence-electron chi connectivity index (χ3n) is 5.81. The topological polar surface area (TPSA) is 58.1 Å². The molecule has 30 heavy (non-hydrogen) atoms. The molecule has 1 fully saturated rings. The number of pyridine rings is 2. The van der Waals surface area contributed by atoms with E-state index in [9.17, 15) is 9.18 Å². The highest BCUT2D eigenvalue weighted by atomic mass is 19.1. The summed E-state index contributed by atoms with van der Waals surface area (Å²) in [6.45, 7) is 0.789. The standard InChI is InChI=1S/C24H25FN4O/c1-26-24(30)21-7-4-14-29(21)23(17-8-10-20(25)11-9-17)22(18-5-2-12-27-15-18)19-6-3-13-28-16-19/h2-3,5-6,8-13,15-16,21-23H,4,7,14H2,1H3,(H,26,30)/t21-,23?/m0/s1. The van der Waals surface area contributed by atoms with Gasteiger partial charge in [-0.3, -0.25) is 19.7 Å². The molecule has 6 heteroatoms. The van der Waals surface area contributed by atoms with Crippen LogP contribution < -0.4 is 5.32 Å². The largest absolute Gasteiger partial charge is 0.358 e. The second kappa shape index (κ2) is 9.13. The van der Waals surface area contributed by atoms with Crippen molar-refractivity contribution < 1.29 is 9.18 Å². The van der Waals surface area contributed by atoms with E-state index in [0.29, 0.717) is 0 Å². The molecule has 1 amide bonds. The Morgan fingerprint density at radius 2 is 1.67 bits per heavy atom. The maximum absolute atomic E-state index is 13.7. The van der Waals surface area contributed by atoms with Gasteiger partial charge in [0.2, 0.25) is 5.91 Å². The molecular formula is C24H25FN4O. The minimum absolute atomic E-state index is 0.00994. The zero-order valence-electron chi connectivity index (χ0n) is 16.9. The fraction of sp³-hybridized carbons (Fsp3) is 0.292. The van der Waals surface area contributed by atoms with Crippen molar-refractivity contribution in [1.29, 1.82) is 0 Å². The molecule has 1 aliphatic heterocycles. The number of likely N-dealkylation sites (tertiary alicyclic amines) is 1. The second-order valence-electron chi connectivity index (χ2n) is 7.56. The van der Waals surface area contributed by atoms with Gasteiger partial charge in [0, 0.05) is 43.8 Å². The maximum atomic E-state index is 13.7. The van der Waals surface area contributed by atoms with E-state index in [0.717, 1.165) is 36.1 Å². The summed E-state index contributed by atoms with van der Waals surface area (Å²) in [5.41, 5.74) is 3.02. The van der Waals surface area contributed by atoms with Crippen molar-refractivity contribution in [1.82, 2.24) is 20.2 Å². The molecule has 2 aromatic heterocycles. The summed E-state index contributed by atoms with van der Waals surface area (Å²) in [5, 5.41) is 2.81. The number of nitrogens with zero attached hydrogens (tertiary/aromatic N) is 3. The van der Waals surface area contributed by atoms with E-state index >= 15 is 0 Å². The van der Waals surface area contributed by atoms with E-state index in [4.69, 9.17) is 0 Å². The van der Waals surface area contributed by atoms with Crippen molar-refractivity contribution in [3.05, 3.63) is 95.8 Å². The van der Waals surface area contributed by atoms with Crippen LogP contribution in [0, 0.1) is 5.82 Å². The predicted octanol–water partition coefficient (Wildman–Crippen LogP) is 3.70. The first kappa shape index (κ1) is 20.2. The number of carbonyl (C=O) groups excluding carboxylic acids is 1. The van der Waals surface area contributed by atoms with Gasteiger partial charge < -0.3 is 5.32 Å². The number of halogens is 1. The fourth-order valence-corrected chi connectivity index (χ4v) is 4.48. The van der Waals surface area contributed by atoms with Crippen LogP contribution in [0.1, 0.15) is 41.5 Å². The van der Waals surface area contributed by atoms with Crippen LogP contribution in [0.25, 0.3) is 0 Å². The number of carbonyl (C=O) groups is 1. The lowest BCUT2D eigenvalue weighted by molar-refractivity contribution is -0.125. The highest BCUT2D eigenvalue weighted by molar-refractivity contribution is 5.81. The normalized spacial score (nSPS) is 17.8. The molecule has 1 unspecified atom stereocenters. The van der Waals surface area contributed by atoms with Crippen molar-refractivity contribution in [3.8, 4) is 0 Å². The number of amides is 1. The minimum Gasteiger partial charge on any atom is -0.358 e. The van der Waals surface area contributed by atoms with Crippen LogP contribution in [0.2, 0.25) is 0 Å². The molecule has 154 valence electrons. The van der Waals surface area contributed by atoms with Crippen LogP contribution in [0.15, 0.2) is 73.3 Å². The van der Waals surface area contributed by atoms with Gasteiger partial charge in [-0.2, -0.15) is 0 Å². The molecule has 1 aromatic carbocycles. The third kappa shape index (κ3) is 4.09. The molecule has 1 aliphatic rings. The Balaban J connectivity index is 1.88. The molecule has 0 saturated carbocycles. The molecule has 5 nitrogen and oxygen atoms in total. The highest BCUT2D eigenvalue weighted by Crippen LogP contribution is 2.43. The van der Waals surface area contributed by atoms with Crippen LogP contribution in [0.4, 0.5) is 4.39 Å². The van der Waals surface area contributed by atoms with Gasteiger partial charge in [-0.1, -0.05) is 24.3 Å². The molecule has 3 aromatic rings. The van der Waals surface area contributed by atoms with E-state index in [1.54, 1.807) is 19.4 Å². The average molecular weight is 404 g/mol. The number of aromatic nitrogens is 2. The Morgan fingerprint density at radius 1 is 1.03 bits per heavy atom. The highest BCUT2D eigenvalue weighted by Gasteiger charge is 2.40. The number of hydrogen-bond acceptors (Lipinski definition) is 4. The summed E-state index contributed by atoms with van der Waals surface area (Å²) < 4.78 is 13.7. The van der Waals surface area contributed by atoms with Crippen molar-refractivity contribution >= 4 is 5.91 Å². The minimum atomic E-state index is -0.277. The van der Waals surface area contributed by atoms with E-state index in [1.165, 1.54) is 12.1 Å². The number of hydrogen-bond donors (Lipinski definition) is 1. The SMILES string of the molecule is CNC(=O)[C@@H]1CCCN1C(c1ccc(F)cc1)C(c1cccnc1)c1cccnc1. The molecule has 2 atom stereocenters. The quantitative estimate of drug-likeness (QED) is 0.681. The molecule has 0 aliphatic carbocycles. The number of benzene rings is 1. The third-order valence-corrected chi connectivity index (χ3v) is 5.81. The molecular weight excluding hydrogens is 379 g/mol. The van der Waals surface area contributed by atoms with Gasteiger partial charge in [0.25, 0.3) is 0 Å². The summed E-state index contributed by atoms with van der Waals surface area (Å²) in [5.74, 6) is -0.375. The summed E-state index contributed by atoms with van der Waals surface area (Å²) >= 11 is 0. The Kier molecular flexibility index (Phi) is 6.14. The van der Waals surface area contributed by atoms with Crippen molar-refractivity contribution in [3.63, 3.8) is 0 Å². The predicted molar refractivity (Wildman–Crippen MR) is 113 cm³/mol. The molecule has 0 spiro atoms. The Hall–Kier alpha value is -3.12. The fourth-order valence-electron chi connectivity index (χ4n) is 4.48. The number of rotatable bonds is 6. The molecule has 3 heterocycles. The molecule has 0 radical (unpaired) electrons. The van der Waals surface area contributed by atoms with Gasteiger partial charge in [-0.05, 0) is 60.3 Å². The number of nitrogens with one attached hydrogen (secondary N) is 1. The maximum Gasteiger partial charge on any atom is 0.237 e. The van der Waals surface area contributed by atoms with E-state index < -0.39 is 0 Å². The van der Waals surface area contributed by atoms with Gasteiger partial charge in [0.05, 0.1) is 6.04 Å².